The van der Waals surface area contributed by atoms with E-state index in [1.54, 1.807) is 0 Å². The molecule has 0 aliphatic carbocycles. The number of halogens is 2. The lowest BCUT2D eigenvalue weighted by Crippen LogP contribution is -2.53. The maximum atomic E-state index is 13.7. The van der Waals surface area contributed by atoms with Crippen molar-refractivity contribution in [3.05, 3.63) is 63.6 Å². The maximum absolute atomic E-state index is 13.7. The van der Waals surface area contributed by atoms with E-state index in [1.165, 1.54) is 23.1 Å². The average Bonchev–Trinajstić information content (AvgIpc) is 2.76. The SMILES string of the molecule is CC[C@@H](C)NC(=O)[C@@H](CC)N(Cc1cccc(C)c1)C(=O)CN(c1ccc(Cl)cc1Cl)S(C)(=O)=O. The molecule has 2 amide bonds. The molecule has 35 heavy (non-hydrogen) atoms. The number of carbonyl (C=O) groups is 2. The van der Waals surface area contributed by atoms with Crippen molar-refractivity contribution < 1.29 is 18.0 Å². The van der Waals surface area contributed by atoms with Gasteiger partial charge in [0.2, 0.25) is 21.8 Å². The number of carbonyl (C=O) groups excluding carboxylic acids is 2. The summed E-state index contributed by atoms with van der Waals surface area (Å²) in [6.45, 7) is 7.25. The number of nitrogens with one attached hydrogen (secondary N) is 1. The molecule has 0 aliphatic rings. The molecule has 2 aromatic carbocycles. The van der Waals surface area contributed by atoms with Crippen molar-refractivity contribution in [2.45, 2.75) is 59.2 Å². The number of nitrogens with zero attached hydrogens (tertiary/aromatic N) is 2. The Labute approximate surface area is 218 Å². The molecule has 2 aromatic rings. The van der Waals surface area contributed by atoms with Gasteiger partial charge in [-0.25, -0.2) is 8.42 Å². The van der Waals surface area contributed by atoms with Crippen LogP contribution >= 0.6 is 23.2 Å². The summed E-state index contributed by atoms with van der Waals surface area (Å²) in [6, 6.07) is 11.2. The molecule has 0 heterocycles. The summed E-state index contributed by atoms with van der Waals surface area (Å²) in [6.07, 6.45) is 2.11. The highest BCUT2D eigenvalue weighted by molar-refractivity contribution is 7.92. The van der Waals surface area contributed by atoms with E-state index < -0.39 is 28.5 Å². The molecule has 10 heteroatoms. The minimum Gasteiger partial charge on any atom is -0.352 e. The molecule has 1 N–H and O–H groups in total. The highest BCUT2D eigenvalue weighted by atomic mass is 35.5. The van der Waals surface area contributed by atoms with Crippen molar-refractivity contribution in [1.82, 2.24) is 10.2 Å². The van der Waals surface area contributed by atoms with Gasteiger partial charge in [-0.05, 0) is 50.5 Å². The number of amides is 2. The second-order valence-electron chi connectivity index (χ2n) is 8.62. The Morgan fingerprint density at radius 1 is 1.06 bits per heavy atom. The minimum absolute atomic E-state index is 0.0622. The summed E-state index contributed by atoms with van der Waals surface area (Å²) >= 11 is 12.2. The zero-order chi connectivity index (χ0) is 26.3. The van der Waals surface area contributed by atoms with Crippen molar-refractivity contribution in [3.8, 4) is 0 Å². The molecule has 7 nitrogen and oxygen atoms in total. The van der Waals surface area contributed by atoms with E-state index in [9.17, 15) is 18.0 Å². The molecular weight excluding hydrogens is 509 g/mol. The van der Waals surface area contributed by atoms with Gasteiger partial charge in [-0.15, -0.1) is 0 Å². The van der Waals surface area contributed by atoms with Crippen LogP contribution in [0.4, 0.5) is 5.69 Å². The average molecular weight is 543 g/mol. The lowest BCUT2D eigenvalue weighted by molar-refractivity contribution is -0.140. The predicted molar refractivity (Wildman–Crippen MR) is 142 cm³/mol. The van der Waals surface area contributed by atoms with Crippen molar-refractivity contribution >= 4 is 50.7 Å². The van der Waals surface area contributed by atoms with Gasteiger partial charge < -0.3 is 10.2 Å². The van der Waals surface area contributed by atoms with Crippen LogP contribution in [0.5, 0.6) is 0 Å². The molecule has 0 aromatic heterocycles. The number of hydrogen-bond acceptors (Lipinski definition) is 4. The summed E-state index contributed by atoms with van der Waals surface area (Å²) in [5.74, 6) is -0.799. The van der Waals surface area contributed by atoms with Crippen molar-refractivity contribution in [2.75, 3.05) is 17.1 Å². The van der Waals surface area contributed by atoms with Gasteiger partial charge in [0.1, 0.15) is 12.6 Å². The van der Waals surface area contributed by atoms with Crippen LogP contribution in [0.1, 0.15) is 44.7 Å². The van der Waals surface area contributed by atoms with Crippen molar-refractivity contribution in [2.24, 2.45) is 0 Å². The van der Waals surface area contributed by atoms with Crippen molar-refractivity contribution in [1.29, 1.82) is 0 Å². The third kappa shape index (κ3) is 8.12. The summed E-state index contributed by atoms with van der Waals surface area (Å²) in [5, 5.41) is 3.38. The number of rotatable bonds is 11. The van der Waals surface area contributed by atoms with Crippen LogP contribution in [0.3, 0.4) is 0 Å². The normalized spacial score (nSPS) is 13.1. The molecule has 2 rings (SSSR count). The number of hydrogen-bond donors (Lipinski definition) is 1. The van der Waals surface area contributed by atoms with Crippen LogP contribution in [0.25, 0.3) is 0 Å². The first kappa shape index (κ1) is 28.9. The lowest BCUT2D eigenvalue weighted by atomic mass is 10.1. The summed E-state index contributed by atoms with van der Waals surface area (Å²) in [4.78, 5) is 28.2. The summed E-state index contributed by atoms with van der Waals surface area (Å²) < 4.78 is 26.3. The lowest BCUT2D eigenvalue weighted by Gasteiger charge is -2.33. The smallest absolute Gasteiger partial charge is 0.244 e. The Balaban J connectivity index is 2.47. The molecule has 0 bridgehead atoms. The third-order valence-electron chi connectivity index (χ3n) is 5.68. The fraction of sp³-hybridized carbons (Fsp3) is 0.440. The largest absolute Gasteiger partial charge is 0.352 e. The Kier molecular flexibility index (Phi) is 10.4. The standard InChI is InChI=1S/C25H33Cl2N3O4S/c1-6-18(4)28-25(32)22(7-2)29(15-19-10-8-9-17(3)13-19)24(31)16-30(35(5,33)34)23-12-11-20(26)14-21(23)27/h8-14,18,22H,6-7,15-16H2,1-5H3,(H,28,32)/t18-,22-/m1/s1. The van der Waals surface area contributed by atoms with E-state index in [-0.39, 0.29) is 29.2 Å². The summed E-state index contributed by atoms with van der Waals surface area (Å²) in [5.41, 5.74) is 1.99. The quantitative estimate of drug-likeness (QED) is 0.443. The molecule has 2 atom stereocenters. The molecule has 0 aliphatic heterocycles. The Morgan fingerprint density at radius 2 is 1.74 bits per heavy atom. The van der Waals surface area contributed by atoms with Gasteiger partial charge in [0.05, 0.1) is 17.0 Å². The molecule has 0 fully saturated rings. The van der Waals surface area contributed by atoms with Crippen LogP contribution in [0.2, 0.25) is 10.0 Å². The third-order valence-corrected chi connectivity index (χ3v) is 7.34. The molecular formula is C25H33Cl2N3O4S. The van der Waals surface area contributed by atoms with Gasteiger partial charge in [-0.1, -0.05) is 66.9 Å². The van der Waals surface area contributed by atoms with E-state index in [2.05, 4.69) is 5.32 Å². The first-order valence-corrected chi connectivity index (χ1v) is 14.1. The molecule has 0 saturated heterocycles. The highest BCUT2D eigenvalue weighted by Gasteiger charge is 2.32. The van der Waals surface area contributed by atoms with Crippen LogP contribution in [-0.2, 0) is 26.2 Å². The monoisotopic (exact) mass is 541 g/mol. The van der Waals surface area contributed by atoms with E-state index >= 15 is 0 Å². The number of sulfonamides is 1. The van der Waals surface area contributed by atoms with Gasteiger partial charge in [-0.2, -0.15) is 0 Å². The van der Waals surface area contributed by atoms with E-state index in [0.29, 0.717) is 11.4 Å². The molecule has 0 unspecified atom stereocenters. The molecule has 0 radical (unpaired) electrons. The van der Waals surface area contributed by atoms with Gasteiger partial charge in [-0.3, -0.25) is 13.9 Å². The first-order valence-electron chi connectivity index (χ1n) is 11.5. The van der Waals surface area contributed by atoms with Crippen molar-refractivity contribution in [3.63, 3.8) is 0 Å². The van der Waals surface area contributed by atoms with Gasteiger partial charge >= 0.3 is 0 Å². The van der Waals surface area contributed by atoms with E-state index in [4.69, 9.17) is 23.2 Å². The Bertz CT molecular complexity index is 1160. The minimum atomic E-state index is -3.88. The maximum Gasteiger partial charge on any atom is 0.244 e. The first-order chi connectivity index (χ1) is 16.4. The zero-order valence-electron chi connectivity index (χ0n) is 20.7. The van der Waals surface area contributed by atoms with E-state index in [1.807, 2.05) is 52.0 Å². The van der Waals surface area contributed by atoms with Crippen LogP contribution in [-0.4, -0.2) is 50.0 Å². The van der Waals surface area contributed by atoms with Gasteiger partial charge in [0, 0.05) is 17.6 Å². The number of aryl methyl sites for hydroxylation is 1. The fourth-order valence-electron chi connectivity index (χ4n) is 3.65. The highest BCUT2D eigenvalue weighted by Crippen LogP contribution is 2.30. The van der Waals surface area contributed by atoms with Crippen LogP contribution < -0.4 is 9.62 Å². The van der Waals surface area contributed by atoms with Gasteiger partial charge in [0.25, 0.3) is 0 Å². The van der Waals surface area contributed by atoms with Crippen LogP contribution in [0, 0.1) is 6.92 Å². The fourth-order valence-corrected chi connectivity index (χ4v) is 5.07. The number of benzene rings is 2. The second-order valence-corrected chi connectivity index (χ2v) is 11.4. The Hall–Kier alpha value is -2.29. The zero-order valence-corrected chi connectivity index (χ0v) is 23.0. The van der Waals surface area contributed by atoms with Crippen LogP contribution in [0.15, 0.2) is 42.5 Å². The Morgan fingerprint density at radius 3 is 2.29 bits per heavy atom. The predicted octanol–water partition coefficient (Wildman–Crippen LogP) is 4.79. The van der Waals surface area contributed by atoms with E-state index in [0.717, 1.165) is 28.1 Å². The second kappa shape index (κ2) is 12.6. The molecule has 0 saturated carbocycles. The number of anilines is 1. The summed E-state index contributed by atoms with van der Waals surface area (Å²) in [7, 11) is -3.88. The molecule has 192 valence electrons. The van der Waals surface area contributed by atoms with Gasteiger partial charge in [0.15, 0.2) is 0 Å². The molecule has 0 spiro atoms. The topological polar surface area (TPSA) is 86.8 Å².